The number of rotatable bonds is 3. The topological polar surface area (TPSA) is 21.6 Å². The molecule has 0 spiro atoms. The first-order chi connectivity index (χ1) is 6.51. The van der Waals surface area contributed by atoms with Gasteiger partial charge in [0, 0.05) is 19.9 Å². The fourth-order valence-corrected chi connectivity index (χ4v) is 1.05. The molecule has 0 aliphatic heterocycles. The monoisotopic (exact) mass is 211 g/mol. The maximum atomic E-state index is 13.1. The fourth-order valence-electron chi connectivity index (χ4n) is 0.949. The molecule has 0 fully saturated rings. The summed E-state index contributed by atoms with van der Waals surface area (Å²) in [5, 5.41) is 2.23. The predicted octanol–water partition coefficient (Wildman–Crippen LogP) is 3.51. The van der Waals surface area contributed by atoms with E-state index >= 15 is 0 Å². The number of halogens is 1. The molecular weight excluding hydrogens is 201 g/mol. The van der Waals surface area contributed by atoms with Gasteiger partial charge in [-0.2, -0.15) is 9.38 Å². The molecule has 14 heavy (non-hydrogen) atoms. The molecular formula is C10H10FNOS. The highest BCUT2D eigenvalue weighted by Gasteiger charge is 2.16. The number of hydrogen-bond acceptors (Lipinski definition) is 3. The summed E-state index contributed by atoms with van der Waals surface area (Å²) in [5.74, 6) is -1.27. The second-order valence-corrected chi connectivity index (χ2v) is 3.35. The van der Waals surface area contributed by atoms with Gasteiger partial charge in [-0.15, -0.1) is 0 Å². The van der Waals surface area contributed by atoms with Crippen LogP contribution in [0.5, 0.6) is 5.75 Å². The van der Waals surface area contributed by atoms with Crippen LogP contribution in [0.15, 0.2) is 29.3 Å². The van der Waals surface area contributed by atoms with Crippen molar-refractivity contribution in [2.75, 3.05) is 0 Å². The van der Waals surface area contributed by atoms with Crippen molar-refractivity contribution >= 4 is 23.1 Å². The molecule has 1 aromatic rings. The zero-order valence-corrected chi connectivity index (χ0v) is 8.77. The SMILES string of the molecule is CC(C)(F)Oc1cccc(N=C=S)c1. The molecule has 0 saturated carbocycles. The summed E-state index contributed by atoms with van der Waals surface area (Å²) < 4.78 is 18.1. The quantitative estimate of drug-likeness (QED) is 0.563. The minimum absolute atomic E-state index is 0.420. The van der Waals surface area contributed by atoms with Gasteiger partial charge in [0.05, 0.1) is 10.8 Å². The molecule has 1 rings (SSSR count). The van der Waals surface area contributed by atoms with Crippen molar-refractivity contribution in [3.63, 3.8) is 0 Å². The lowest BCUT2D eigenvalue weighted by atomic mass is 10.3. The van der Waals surface area contributed by atoms with Crippen molar-refractivity contribution in [3.8, 4) is 5.75 Å². The molecule has 0 aliphatic carbocycles. The maximum absolute atomic E-state index is 13.1. The first-order valence-electron chi connectivity index (χ1n) is 4.07. The largest absolute Gasteiger partial charge is 0.458 e. The van der Waals surface area contributed by atoms with Crippen LogP contribution >= 0.6 is 12.2 Å². The molecule has 0 amide bonds. The third-order valence-electron chi connectivity index (χ3n) is 1.35. The zero-order valence-electron chi connectivity index (χ0n) is 7.95. The van der Waals surface area contributed by atoms with Crippen LogP contribution in [0.4, 0.5) is 10.1 Å². The highest BCUT2D eigenvalue weighted by Crippen LogP contribution is 2.23. The zero-order chi connectivity index (χ0) is 10.6. The average Bonchev–Trinajstić information content (AvgIpc) is 2.02. The van der Waals surface area contributed by atoms with Gasteiger partial charge in [0.2, 0.25) is 5.85 Å². The Bertz CT molecular complexity index is 367. The Morgan fingerprint density at radius 3 is 2.79 bits per heavy atom. The highest BCUT2D eigenvalue weighted by molar-refractivity contribution is 7.78. The smallest absolute Gasteiger partial charge is 0.242 e. The van der Waals surface area contributed by atoms with Gasteiger partial charge in [-0.25, -0.2) is 0 Å². The van der Waals surface area contributed by atoms with E-state index in [-0.39, 0.29) is 0 Å². The van der Waals surface area contributed by atoms with Gasteiger partial charge in [0.25, 0.3) is 0 Å². The van der Waals surface area contributed by atoms with Gasteiger partial charge in [0.1, 0.15) is 5.75 Å². The van der Waals surface area contributed by atoms with Crippen LogP contribution in [0.2, 0.25) is 0 Å². The Hall–Kier alpha value is -1.25. The van der Waals surface area contributed by atoms with E-state index in [0.29, 0.717) is 11.4 Å². The lowest BCUT2D eigenvalue weighted by Gasteiger charge is -2.16. The molecule has 1 aromatic carbocycles. The van der Waals surface area contributed by atoms with E-state index in [4.69, 9.17) is 4.74 Å². The van der Waals surface area contributed by atoms with Crippen molar-refractivity contribution in [1.82, 2.24) is 0 Å². The number of thiocarbonyl (C=S) groups is 1. The van der Waals surface area contributed by atoms with Gasteiger partial charge in [0.15, 0.2) is 0 Å². The van der Waals surface area contributed by atoms with Crippen LogP contribution in [0.3, 0.4) is 0 Å². The van der Waals surface area contributed by atoms with E-state index in [1.807, 2.05) is 0 Å². The second-order valence-electron chi connectivity index (χ2n) is 3.17. The van der Waals surface area contributed by atoms with Crippen LogP contribution < -0.4 is 4.74 Å². The Balaban J connectivity index is 2.89. The van der Waals surface area contributed by atoms with E-state index in [9.17, 15) is 4.39 Å². The highest BCUT2D eigenvalue weighted by atomic mass is 32.1. The summed E-state index contributed by atoms with van der Waals surface area (Å²) in [5.41, 5.74) is 0.599. The Kier molecular flexibility index (Phi) is 3.33. The molecule has 0 atom stereocenters. The van der Waals surface area contributed by atoms with Crippen molar-refractivity contribution < 1.29 is 9.13 Å². The molecule has 4 heteroatoms. The van der Waals surface area contributed by atoms with Crippen molar-refractivity contribution in [2.45, 2.75) is 19.7 Å². The number of nitrogens with zero attached hydrogens (tertiary/aromatic N) is 1. The summed E-state index contributed by atoms with van der Waals surface area (Å²) in [6.45, 7) is 2.67. The van der Waals surface area contributed by atoms with E-state index in [1.54, 1.807) is 24.3 Å². The first kappa shape index (κ1) is 10.8. The summed E-state index contributed by atoms with van der Waals surface area (Å²) in [7, 11) is 0. The number of isothiocyanates is 1. The van der Waals surface area contributed by atoms with Gasteiger partial charge in [-0.1, -0.05) is 6.07 Å². The molecule has 0 aliphatic rings. The van der Waals surface area contributed by atoms with E-state index in [1.165, 1.54) is 13.8 Å². The molecule has 0 radical (unpaired) electrons. The molecule has 0 N–H and O–H groups in total. The average molecular weight is 211 g/mol. The fraction of sp³-hybridized carbons (Fsp3) is 0.300. The van der Waals surface area contributed by atoms with Gasteiger partial charge in [-0.05, 0) is 24.4 Å². The second kappa shape index (κ2) is 4.31. The third kappa shape index (κ3) is 3.64. The lowest BCUT2D eigenvalue weighted by molar-refractivity contribution is -0.0256. The number of ether oxygens (including phenoxy) is 1. The van der Waals surface area contributed by atoms with Crippen molar-refractivity contribution in [3.05, 3.63) is 24.3 Å². The summed E-state index contributed by atoms with van der Waals surface area (Å²) in [6.07, 6.45) is 0. The number of alkyl halides is 1. The van der Waals surface area contributed by atoms with Crippen LogP contribution in [0, 0.1) is 0 Å². The third-order valence-corrected chi connectivity index (χ3v) is 1.44. The minimum atomic E-state index is -1.69. The van der Waals surface area contributed by atoms with Gasteiger partial charge < -0.3 is 4.74 Å². The first-order valence-corrected chi connectivity index (χ1v) is 4.48. The Morgan fingerprint density at radius 2 is 2.21 bits per heavy atom. The number of aliphatic imine (C=N–C) groups is 1. The summed E-state index contributed by atoms with van der Waals surface area (Å²) >= 11 is 4.46. The number of hydrogen-bond donors (Lipinski definition) is 0. The molecule has 74 valence electrons. The molecule has 0 aromatic heterocycles. The molecule has 0 saturated heterocycles. The Morgan fingerprint density at radius 1 is 1.50 bits per heavy atom. The Labute approximate surface area is 87.4 Å². The van der Waals surface area contributed by atoms with Crippen molar-refractivity contribution in [2.24, 2.45) is 4.99 Å². The molecule has 2 nitrogen and oxygen atoms in total. The minimum Gasteiger partial charge on any atom is -0.458 e. The summed E-state index contributed by atoms with van der Waals surface area (Å²) in [6, 6.07) is 6.70. The van der Waals surface area contributed by atoms with E-state index in [0.717, 1.165) is 0 Å². The molecule has 0 bridgehead atoms. The molecule has 0 unspecified atom stereocenters. The normalized spacial score (nSPS) is 10.5. The van der Waals surface area contributed by atoms with Crippen LogP contribution in [0.25, 0.3) is 0 Å². The van der Waals surface area contributed by atoms with Crippen molar-refractivity contribution in [1.29, 1.82) is 0 Å². The standard InChI is InChI=1S/C10H10FNOS/c1-10(2,11)13-9-5-3-4-8(6-9)12-7-14/h3-6H,1-2H3. The lowest BCUT2D eigenvalue weighted by Crippen LogP contribution is -2.20. The van der Waals surface area contributed by atoms with Gasteiger partial charge >= 0.3 is 0 Å². The summed E-state index contributed by atoms with van der Waals surface area (Å²) in [4.78, 5) is 3.76. The van der Waals surface area contributed by atoms with Crippen LogP contribution in [0.1, 0.15) is 13.8 Å². The van der Waals surface area contributed by atoms with E-state index < -0.39 is 5.85 Å². The van der Waals surface area contributed by atoms with Gasteiger partial charge in [-0.3, -0.25) is 0 Å². The molecule has 0 heterocycles. The predicted molar refractivity (Wildman–Crippen MR) is 56.9 cm³/mol. The van der Waals surface area contributed by atoms with Crippen LogP contribution in [-0.2, 0) is 0 Å². The number of benzene rings is 1. The van der Waals surface area contributed by atoms with E-state index in [2.05, 4.69) is 22.4 Å². The van der Waals surface area contributed by atoms with Crippen LogP contribution in [-0.4, -0.2) is 11.0 Å². The maximum Gasteiger partial charge on any atom is 0.242 e.